The van der Waals surface area contributed by atoms with Gasteiger partial charge >= 0.3 is 0 Å². The second-order valence-electron chi connectivity index (χ2n) is 5.18. The first-order chi connectivity index (χ1) is 8.71. The van der Waals surface area contributed by atoms with Crippen LogP contribution in [0.1, 0.15) is 24.8 Å². The zero-order chi connectivity index (χ0) is 14.4. The third-order valence-corrected chi connectivity index (χ3v) is 5.11. The minimum atomic E-state index is -3.33. The molecular weight excluding hydrogens is 286 g/mol. The van der Waals surface area contributed by atoms with Gasteiger partial charge in [-0.25, -0.2) is 8.42 Å². The molecule has 106 valence electrons. The van der Waals surface area contributed by atoms with Crippen LogP contribution in [-0.2, 0) is 10.0 Å². The Morgan fingerprint density at radius 3 is 2.58 bits per heavy atom. The molecule has 3 unspecified atom stereocenters. The lowest BCUT2D eigenvalue weighted by Crippen LogP contribution is -2.26. The molecule has 1 aliphatic rings. The average Bonchev–Trinajstić information content (AvgIpc) is 3.06. The maximum Gasteiger partial charge on any atom is 0.232 e. The minimum Gasteiger partial charge on any atom is -0.393 e. The molecule has 19 heavy (non-hydrogen) atoms. The van der Waals surface area contributed by atoms with Gasteiger partial charge in [-0.1, -0.05) is 17.7 Å². The topological polar surface area (TPSA) is 57.6 Å². The van der Waals surface area contributed by atoms with E-state index in [4.69, 9.17) is 11.6 Å². The summed E-state index contributed by atoms with van der Waals surface area (Å²) in [4.78, 5) is 0. The number of benzene rings is 1. The van der Waals surface area contributed by atoms with Crippen LogP contribution < -0.4 is 4.31 Å². The molecule has 0 heterocycles. The molecule has 0 aromatic heterocycles. The molecule has 0 saturated heterocycles. The molecule has 6 heteroatoms. The van der Waals surface area contributed by atoms with Crippen LogP contribution in [0.3, 0.4) is 0 Å². The summed E-state index contributed by atoms with van der Waals surface area (Å²) in [6, 6.07) is 5.27. The number of hydrogen-bond acceptors (Lipinski definition) is 3. The lowest BCUT2D eigenvalue weighted by molar-refractivity contribution is 0.169. The van der Waals surface area contributed by atoms with Gasteiger partial charge in [0.1, 0.15) is 0 Å². The molecular formula is C13H18ClNO3S. The molecule has 1 aromatic carbocycles. The van der Waals surface area contributed by atoms with E-state index in [2.05, 4.69) is 0 Å². The summed E-state index contributed by atoms with van der Waals surface area (Å²) in [5.74, 6) is 0.407. The second-order valence-corrected chi connectivity index (χ2v) is 7.63. The highest BCUT2D eigenvalue weighted by Gasteiger charge is 2.43. The molecule has 1 fully saturated rings. The van der Waals surface area contributed by atoms with Crippen molar-refractivity contribution >= 4 is 27.3 Å². The normalized spacial score (nSPS) is 24.1. The number of aliphatic hydroxyl groups excluding tert-OH is 1. The molecule has 0 spiro atoms. The molecule has 1 saturated carbocycles. The van der Waals surface area contributed by atoms with Crippen LogP contribution in [0.5, 0.6) is 0 Å². The average molecular weight is 304 g/mol. The summed E-state index contributed by atoms with van der Waals surface area (Å²) >= 11 is 5.96. The summed E-state index contributed by atoms with van der Waals surface area (Å²) in [6.45, 7) is 1.76. The van der Waals surface area contributed by atoms with Gasteiger partial charge in [-0.3, -0.25) is 4.31 Å². The van der Waals surface area contributed by atoms with E-state index in [9.17, 15) is 13.5 Å². The molecule has 3 atom stereocenters. The number of nitrogens with zero attached hydrogens (tertiary/aromatic N) is 1. The van der Waals surface area contributed by atoms with Crippen molar-refractivity contribution in [1.82, 2.24) is 0 Å². The standard InChI is InChI=1S/C13H18ClNO3S/c1-8(16)11-7-12(11)10-5-4-9(14)6-13(10)15(2)19(3,17)18/h4-6,8,11-12,16H,7H2,1-3H3. The molecule has 1 N–H and O–H groups in total. The highest BCUT2D eigenvalue weighted by atomic mass is 35.5. The van der Waals surface area contributed by atoms with Crippen LogP contribution in [-0.4, -0.2) is 32.9 Å². The summed E-state index contributed by atoms with van der Waals surface area (Å²) in [5.41, 5.74) is 1.53. The van der Waals surface area contributed by atoms with Crippen LogP contribution >= 0.6 is 11.6 Å². The lowest BCUT2D eigenvalue weighted by atomic mass is 10.1. The number of halogens is 1. The maximum atomic E-state index is 11.7. The van der Waals surface area contributed by atoms with E-state index < -0.39 is 10.0 Å². The zero-order valence-electron chi connectivity index (χ0n) is 11.2. The fourth-order valence-electron chi connectivity index (χ4n) is 2.39. The number of sulfonamides is 1. The van der Waals surface area contributed by atoms with Crippen molar-refractivity contribution in [3.63, 3.8) is 0 Å². The van der Waals surface area contributed by atoms with Gasteiger partial charge < -0.3 is 5.11 Å². The minimum absolute atomic E-state index is 0.202. The molecule has 4 nitrogen and oxygen atoms in total. The van der Waals surface area contributed by atoms with Crippen molar-refractivity contribution in [2.75, 3.05) is 17.6 Å². The number of aliphatic hydroxyl groups is 1. The Balaban J connectivity index is 2.40. The molecule has 0 amide bonds. The van der Waals surface area contributed by atoms with Crippen LogP contribution in [0, 0.1) is 5.92 Å². The Kier molecular flexibility index (Phi) is 3.82. The largest absolute Gasteiger partial charge is 0.393 e. The van der Waals surface area contributed by atoms with Crippen molar-refractivity contribution in [1.29, 1.82) is 0 Å². The van der Waals surface area contributed by atoms with Crippen molar-refractivity contribution < 1.29 is 13.5 Å². The zero-order valence-corrected chi connectivity index (χ0v) is 12.7. The third-order valence-electron chi connectivity index (χ3n) is 3.69. The van der Waals surface area contributed by atoms with Gasteiger partial charge in [0.15, 0.2) is 0 Å². The van der Waals surface area contributed by atoms with Gasteiger partial charge in [0.2, 0.25) is 10.0 Å². The van der Waals surface area contributed by atoms with Crippen molar-refractivity contribution in [2.24, 2.45) is 5.92 Å². The van der Waals surface area contributed by atoms with E-state index in [1.54, 1.807) is 19.1 Å². The van der Waals surface area contributed by atoms with Crippen molar-refractivity contribution in [2.45, 2.75) is 25.4 Å². The summed E-state index contributed by atoms with van der Waals surface area (Å²) < 4.78 is 24.6. The van der Waals surface area contributed by atoms with E-state index >= 15 is 0 Å². The predicted molar refractivity (Wildman–Crippen MR) is 77.2 cm³/mol. The monoisotopic (exact) mass is 303 g/mol. The third kappa shape index (κ3) is 3.04. The fraction of sp³-hybridized carbons (Fsp3) is 0.538. The van der Waals surface area contributed by atoms with Gasteiger partial charge in [0, 0.05) is 12.1 Å². The molecule has 0 radical (unpaired) electrons. The molecule has 1 aromatic rings. The molecule has 1 aliphatic carbocycles. The highest BCUT2D eigenvalue weighted by molar-refractivity contribution is 7.92. The maximum absolute atomic E-state index is 11.7. The van der Waals surface area contributed by atoms with E-state index in [0.717, 1.165) is 18.2 Å². The van der Waals surface area contributed by atoms with Crippen LogP contribution in [0.4, 0.5) is 5.69 Å². The van der Waals surface area contributed by atoms with Crippen LogP contribution in [0.25, 0.3) is 0 Å². The first-order valence-corrected chi connectivity index (χ1v) is 8.36. The van der Waals surface area contributed by atoms with Gasteiger partial charge in [0.05, 0.1) is 18.0 Å². The van der Waals surface area contributed by atoms with E-state index in [0.29, 0.717) is 10.7 Å². The Hall–Kier alpha value is -0.780. The smallest absolute Gasteiger partial charge is 0.232 e. The SMILES string of the molecule is CC(O)C1CC1c1ccc(Cl)cc1N(C)S(C)(=O)=O. The Bertz CT molecular complexity index is 586. The van der Waals surface area contributed by atoms with E-state index in [1.165, 1.54) is 11.4 Å². The number of rotatable bonds is 4. The van der Waals surface area contributed by atoms with Gasteiger partial charge in [-0.05, 0) is 42.9 Å². The first kappa shape index (κ1) is 14.6. The Labute approximate surface area is 119 Å². The lowest BCUT2D eigenvalue weighted by Gasteiger charge is -2.21. The van der Waals surface area contributed by atoms with Gasteiger partial charge in [-0.15, -0.1) is 0 Å². The number of anilines is 1. The summed E-state index contributed by atoms with van der Waals surface area (Å²) in [6.07, 6.45) is 1.66. The quantitative estimate of drug-likeness (QED) is 0.928. The van der Waals surface area contributed by atoms with E-state index in [1.807, 2.05) is 6.07 Å². The first-order valence-electron chi connectivity index (χ1n) is 6.13. The highest BCUT2D eigenvalue weighted by Crippen LogP contribution is 2.52. The fourth-order valence-corrected chi connectivity index (χ4v) is 3.07. The second kappa shape index (κ2) is 4.96. The van der Waals surface area contributed by atoms with E-state index in [-0.39, 0.29) is 17.9 Å². The Morgan fingerprint density at radius 1 is 1.47 bits per heavy atom. The molecule has 0 aliphatic heterocycles. The van der Waals surface area contributed by atoms with Gasteiger partial charge in [0.25, 0.3) is 0 Å². The summed E-state index contributed by atoms with van der Waals surface area (Å²) in [7, 11) is -1.81. The predicted octanol–water partition coefficient (Wildman–Crippen LogP) is 2.22. The van der Waals surface area contributed by atoms with Crippen LogP contribution in [0.15, 0.2) is 18.2 Å². The van der Waals surface area contributed by atoms with Crippen molar-refractivity contribution in [3.8, 4) is 0 Å². The molecule has 0 bridgehead atoms. The van der Waals surface area contributed by atoms with Crippen LogP contribution in [0.2, 0.25) is 5.02 Å². The van der Waals surface area contributed by atoms with Gasteiger partial charge in [-0.2, -0.15) is 0 Å². The summed E-state index contributed by atoms with van der Waals surface area (Å²) in [5, 5.41) is 10.1. The number of hydrogen-bond donors (Lipinski definition) is 1. The van der Waals surface area contributed by atoms with Crippen molar-refractivity contribution in [3.05, 3.63) is 28.8 Å². The Morgan fingerprint density at radius 2 is 2.11 bits per heavy atom. The molecule has 2 rings (SSSR count).